The van der Waals surface area contributed by atoms with Crippen molar-refractivity contribution in [3.8, 4) is 17.1 Å². The number of carbonyl (C=O) groups excluding carboxylic acids is 1. The predicted molar refractivity (Wildman–Crippen MR) is 169 cm³/mol. The number of hydrogen-bond donors (Lipinski definition) is 3. The van der Waals surface area contributed by atoms with Gasteiger partial charge in [0.15, 0.2) is 0 Å². The SMILES string of the molecule is C=C/C=C(\C=NC)CNc1ccc(-n2cc(-c3nccn3CCC3CCNCC3)c(C=C)c2C=C)cc1.NC=O. The highest BCUT2D eigenvalue weighted by Crippen LogP contribution is 2.32. The standard InChI is InChI=1S/C31H38N6.CH3NO/c1-5-8-25(21-32-4)22-35-26-9-11-27(12-10-26)37-23-29(28(6-2)30(37)7-3)31-34-18-20-36(31)19-15-24-13-16-33-17-14-24;2-1-3/h5-12,18,20-21,23-24,33,35H,1-3,13-17,19,22H2,4H3;1H,(H2,2,3)/b25-8+,32-21?;. The Morgan fingerprint density at radius 3 is 2.55 bits per heavy atom. The minimum absolute atomic E-state index is 0.250. The van der Waals surface area contributed by atoms with Gasteiger partial charge in [0.2, 0.25) is 6.41 Å². The Morgan fingerprint density at radius 1 is 1.20 bits per heavy atom. The molecule has 1 saturated heterocycles. The molecule has 3 heterocycles. The molecule has 0 saturated carbocycles. The monoisotopic (exact) mass is 539 g/mol. The van der Waals surface area contributed by atoms with Crippen LogP contribution in [0, 0.1) is 5.92 Å². The number of primary amides is 1. The summed E-state index contributed by atoms with van der Waals surface area (Å²) in [6, 6.07) is 8.40. The average Bonchev–Trinajstić information content (AvgIpc) is 3.60. The van der Waals surface area contributed by atoms with Gasteiger partial charge in [-0.3, -0.25) is 9.79 Å². The van der Waals surface area contributed by atoms with Crippen molar-refractivity contribution in [2.75, 3.05) is 32.0 Å². The number of nitrogens with zero attached hydrogens (tertiary/aromatic N) is 4. The Labute approximate surface area is 237 Å². The average molecular weight is 540 g/mol. The molecule has 40 heavy (non-hydrogen) atoms. The largest absolute Gasteiger partial charge is 0.381 e. The van der Waals surface area contributed by atoms with Crippen molar-refractivity contribution in [3.05, 3.63) is 91.6 Å². The maximum Gasteiger partial charge on any atom is 0.204 e. The zero-order chi connectivity index (χ0) is 28.7. The number of aromatic nitrogens is 3. The fourth-order valence-corrected chi connectivity index (χ4v) is 4.99. The molecule has 4 N–H and O–H groups in total. The molecule has 210 valence electrons. The van der Waals surface area contributed by atoms with Crippen LogP contribution in [0.25, 0.3) is 29.2 Å². The topological polar surface area (TPSA) is 102 Å². The number of allylic oxidation sites excluding steroid dienone is 2. The van der Waals surface area contributed by atoms with Crippen LogP contribution in [0.2, 0.25) is 0 Å². The van der Waals surface area contributed by atoms with E-state index in [-0.39, 0.29) is 6.41 Å². The van der Waals surface area contributed by atoms with Gasteiger partial charge in [0.1, 0.15) is 5.82 Å². The van der Waals surface area contributed by atoms with Crippen molar-refractivity contribution in [3.63, 3.8) is 0 Å². The molecule has 1 aromatic carbocycles. The third-order valence-corrected chi connectivity index (χ3v) is 6.94. The number of anilines is 1. The minimum atomic E-state index is 0.250. The van der Waals surface area contributed by atoms with Crippen molar-refractivity contribution in [2.45, 2.75) is 25.8 Å². The summed E-state index contributed by atoms with van der Waals surface area (Å²) in [5, 5.41) is 6.91. The van der Waals surface area contributed by atoms with Crippen molar-refractivity contribution >= 4 is 30.5 Å². The van der Waals surface area contributed by atoms with E-state index in [1.54, 1.807) is 13.1 Å². The number of nitrogens with two attached hydrogens (primary N) is 1. The highest BCUT2D eigenvalue weighted by Gasteiger charge is 2.19. The van der Waals surface area contributed by atoms with Gasteiger partial charge >= 0.3 is 0 Å². The Bertz CT molecular complexity index is 1320. The van der Waals surface area contributed by atoms with E-state index in [2.05, 4.69) is 86.9 Å². The number of amides is 1. The number of piperidine rings is 1. The van der Waals surface area contributed by atoms with Gasteiger partial charge in [-0.25, -0.2) is 4.98 Å². The molecule has 1 fully saturated rings. The summed E-state index contributed by atoms with van der Waals surface area (Å²) in [7, 11) is 1.77. The summed E-state index contributed by atoms with van der Waals surface area (Å²) in [4.78, 5) is 17.4. The van der Waals surface area contributed by atoms with Gasteiger partial charge < -0.3 is 25.5 Å². The van der Waals surface area contributed by atoms with Gasteiger partial charge in [0.05, 0.1) is 5.69 Å². The van der Waals surface area contributed by atoms with Crippen LogP contribution in [-0.4, -0.2) is 53.4 Å². The number of nitrogens with one attached hydrogen (secondary N) is 2. The number of aliphatic imine (C=N–C) groups is 1. The zero-order valence-corrected chi connectivity index (χ0v) is 23.4. The smallest absolute Gasteiger partial charge is 0.204 e. The molecule has 0 radical (unpaired) electrons. The third-order valence-electron chi connectivity index (χ3n) is 6.94. The summed E-state index contributed by atoms with van der Waals surface area (Å²) in [5.74, 6) is 1.75. The second-order valence-electron chi connectivity index (χ2n) is 9.45. The number of carbonyl (C=O) groups is 1. The highest BCUT2D eigenvalue weighted by molar-refractivity contribution is 5.80. The zero-order valence-electron chi connectivity index (χ0n) is 23.4. The molecule has 1 aliphatic heterocycles. The van der Waals surface area contributed by atoms with Crippen LogP contribution in [0.4, 0.5) is 5.69 Å². The van der Waals surface area contributed by atoms with Gasteiger partial charge in [0, 0.05) is 67.4 Å². The summed E-state index contributed by atoms with van der Waals surface area (Å²) >= 11 is 0. The number of imidazole rings is 1. The summed E-state index contributed by atoms with van der Waals surface area (Å²) in [6.45, 7) is 15.9. The lowest BCUT2D eigenvalue weighted by Gasteiger charge is -2.22. The van der Waals surface area contributed by atoms with Gasteiger partial charge in [-0.2, -0.15) is 0 Å². The molecular formula is C32H41N7O. The summed E-state index contributed by atoms with van der Waals surface area (Å²) in [5.41, 5.74) is 10.4. The maximum absolute atomic E-state index is 8.58. The molecule has 4 rings (SSSR count). The number of benzene rings is 1. The molecule has 0 aliphatic carbocycles. The van der Waals surface area contributed by atoms with Crippen molar-refractivity contribution < 1.29 is 4.79 Å². The van der Waals surface area contributed by atoms with Gasteiger partial charge in [0.25, 0.3) is 0 Å². The van der Waals surface area contributed by atoms with Gasteiger partial charge in [-0.1, -0.05) is 38.0 Å². The Balaban J connectivity index is 0.00000141. The number of rotatable bonds is 12. The molecule has 3 aromatic rings. The van der Waals surface area contributed by atoms with Crippen LogP contribution >= 0.6 is 0 Å². The van der Waals surface area contributed by atoms with Gasteiger partial charge in [-0.15, -0.1) is 0 Å². The highest BCUT2D eigenvalue weighted by atomic mass is 16.1. The van der Waals surface area contributed by atoms with E-state index in [1.807, 2.05) is 30.6 Å². The van der Waals surface area contributed by atoms with Crippen LogP contribution in [-0.2, 0) is 11.3 Å². The molecule has 0 atom stereocenters. The van der Waals surface area contributed by atoms with Crippen LogP contribution in [0.1, 0.15) is 30.5 Å². The lowest BCUT2D eigenvalue weighted by atomic mass is 9.95. The Kier molecular flexibility index (Phi) is 11.9. The van der Waals surface area contributed by atoms with Crippen molar-refractivity contribution in [2.24, 2.45) is 16.6 Å². The fourth-order valence-electron chi connectivity index (χ4n) is 4.99. The van der Waals surface area contributed by atoms with Crippen LogP contribution < -0.4 is 16.4 Å². The summed E-state index contributed by atoms with van der Waals surface area (Å²) in [6.07, 6.45) is 19.4. The first-order valence-electron chi connectivity index (χ1n) is 13.6. The lowest BCUT2D eigenvalue weighted by Crippen LogP contribution is -2.28. The van der Waals surface area contributed by atoms with Crippen LogP contribution in [0.5, 0.6) is 0 Å². The number of hydrogen-bond acceptors (Lipinski definition) is 5. The van der Waals surface area contributed by atoms with Crippen molar-refractivity contribution in [1.29, 1.82) is 0 Å². The van der Waals surface area contributed by atoms with E-state index in [0.29, 0.717) is 6.54 Å². The molecule has 8 nitrogen and oxygen atoms in total. The molecule has 8 heteroatoms. The first-order chi connectivity index (χ1) is 19.6. The summed E-state index contributed by atoms with van der Waals surface area (Å²) < 4.78 is 4.45. The third kappa shape index (κ3) is 7.80. The molecule has 0 unspecified atom stereocenters. The van der Waals surface area contributed by atoms with E-state index in [4.69, 9.17) is 9.78 Å². The molecule has 1 amide bonds. The first-order valence-corrected chi connectivity index (χ1v) is 13.6. The van der Waals surface area contributed by atoms with E-state index >= 15 is 0 Å². The molecule has 2 aromatic heterocycles. The van der Waals surface area contributed by atoms with Crippen LogP contribution in [0.3, 0.4) is 0 Å². The van der Waals surface area contributed by atoms with Crippen molar-refractivity contribution in [1.82, 2.24) is 19.4 Å². The van der Waals surface area contributed by atoms with E-state index in [1.165, 1.54) is 19.3 Å². The molecule has 0 spiro atoms. The number of aryl methyl sites for hydroxylation is 1. The molecule has 0 bridgehead atoms. The minimum Gasteiger partial charge on any atom is -0.381 e. The lowest BCUT2D eigenvalue weighted by molar-refractivity contribution is -0.106. The van der Waals surface area contributed by atoms with E-state index in [0.717, 1.165) is 65.1 Å². The predicted octanol–water partition coefficient (Wildman–Crippen LogP) is 5.34. The second kappa shape index (κ2) is 15.9. The molecule has 1 aliphatic rings. The molecular weight excluding hydrogens is 498 g/mol. The fraction of sp³-hybridized carbons (Fsp3) is 0.281. The van der Waals surface area contributed by atoms with E-state index < -0.39 is 0 Å². The van der Waals surface area contributed by atoms with E-state index in [9.17, 15) is 0 Å². The quantitative estimate of drug-likeness (QED) is 0.164. The maximum atomic E-state index is 8.58. The first kappa shape index (κ1) is 30.1. The Morgan fingerprint density at radius 2 is 1.93 bits per heavy atom. The Hall–Kier alpha value is -4.43. The van der Waals surface area contributed by atoms with Gasteiger partial charge in [-0.05, 0) is 74.2 Å². The van der Waals surface area contributed by atoms with Crippen LogP contribution in [0.15, 0.2) is 85.3 Å². The second-order valence-corrected chi connectivity index (χ2v) is 9.45. The normalized spacial score (nSPS) is 13.9.